The highest BCUT2D eigenvalue weighted by atomic mass is 79.9. The summed E-state index contributed by atoms with van der Waals surface area (Å²) in [6, 6.07) is 5.57. The lowest BCUT2D eigenvalue weighted by Crippen LogP contribution is -2.38. The number of carbonyl (C=O) groups is 1. The summed E-state index contributed by atoms with van der Waals surface area (Å²) in [6.45, 7) is 4.71. The van der Waals surface area contributed by atoms with Gasteiger partial charge < -0.3 is 4.90 Å². The Labute approximate surface area is 98.6 Å². The van der Waals surface area contributed by atoms with Crippen molar-refractivity contribution in [1.82, 2.24) is 9.88 Å². The van der Waals surface area contributed by atoms with E-state index in [4.69, 9.17) is 0 Å². The van der Waals surface area contributed by atoms with Crippen LogP contribution < -0.4 is 0 Å². The molecule has 0 bridgehead atoms. The van der Waals surface area contributed by atoms with E-state index in [9.17, 15) is 4.79 Å². The van der Waals surface area contributed by atoms with Gasteiger partial charge in [0.25, 0.3) is 5.91 Å². The Morgan fingerprint density at radius 1 is 1.53 bits per heavy atom. The molecular formula is C11H15BrN2O. The van der Waals surface area contributed by atoms with Gasteiger partial charge in [-0.05, 0) is 26.0 Å². The smallest absolute Gasteiger partial charge is 0.272 e. The molecule has 0 unspecified atom stereocenters. The van der Waals surface area contributed by atoms with Gasteiger partial charge in [-0.25, -0.2) is 0 Å². The van der Waals surface area contributed by atoms with Gasteiger partial charge in [0.15, 0.2) is 0 Å². The normalized spacial score (nSPS) is 10.4. The molecule has 0 atom stereocenters. The van der Waals surface area contributed by atoms with Crippen LogP contribution in [0.25, 0.3) is 0 Å². The van der Waals surface area contributed by atoms with Crippen LogP contribution in [0.4, 0.5) is 0 Å². The molecule has 4 heteroatoms. The number of nitrogens with zero attached hydrogens (tertiary/aromatic N) is 2. The first-order valence-electron chi connectivity index (χ1n) is 4.94. The van der Waals surface area contributed by atoms with Crippen LogP contribution in [0.5, 0.6) is 0 Å². The molecule has 1 amide bonds. The SMILES string of the molecule is CC(C)N(CCBr)C(=O)c1ccccn1. The number of aromatic nitrogens is 1. The second-order valence-corrected chi connectivity index (χ2v) is 4.29. The van der Waals surface area contributed by atoms with Crippen molar-refractivity contribution in [2.24, 2.45) is 0 Å². The fourth-order valence-corrected chi connectivity index (χ4v) is 1.70. The Hall–Kier alpha value is -0.900. The summed E-state index contributed by atoms with van der Waals surface area (Å²) >= 11 is 3.34. The largest absolute Gasteiger partial charge is 0.334 e. The zero-order valence-corrected chi connectivity index (χ0v) is 10.6. The lowest BCUT2D eigenvalue weighted by molar-refractivity contribution is 0.0713. The number of pyridine rings is 1. The summed E-state index contributed by atoms with van der Waals surface area (Å²) < 4.78 is 0. The Bertz CT molecular complexity index is 314. The van der Waals surface area contributed by atoms with Crippen LogP contribution in [0.1, 0.15) is 24.3 Å². The van der Waals surface area contributed by atoms with Crippen molar-refractivity contribution in [2.75, 3.05) is 11.9 Å². The first kappa shape index (κ1) is 12.2. The van der Waals surface area contributed by atoms with Gasteiger partial charge in [-0.3, -0.25) is 9.78 Å². The summed E-state index contributed by atoms with van der Waals surface area (Å²) in [5.41, 5.74) is 0.507. The number of hydrogen-bond donors (Lipinski definition) is 0. The summed E-state index contributed by atoms with van der Waals surface area (Å²) in [7, 11) is 0. The van der Waals surface area contributed by atoms with E-state index in [1.807, 2.05) is 19.9 Å². The maximum Gasteiger partial charge on any atom is 0.272 e. The third kappa shape index (κ3) is 3.30. The second kappa shape index (κ2) is 5.85. The quantitative estimate of drug-likeness (QED) is 0.787. The van der Waals surface area contributed by atoms with Crippen molar-refractivity contribution in [1.29, 1.82) is 0 Å². The number of amides is 1. The van der Waals surface area contributed by atoms with Gasteiger partial charge in [0.1, 0.15) is 5.69 Å². The molecule has 15 heavy (non-hydrogen) atoms. The van der Waals surface area contributed by atoms with Gasteiger partial charge in [0, 0.05) is 24.1 Å². The van der Waals surface area contributed by atoms with E-state index in [1.54, 1.807) is 23.2 Å². The van der Waals surface area contributed by atoms with Crippen LogP contribution in [-0.4, -0.2) is 33.7 Å². The molecule has 0 saturated carbocycles. The number of halogens is 1. The highest BCUT2D eigenvalue weighted by Crippen LogP contribution is 2.06. The molecule has 3 nitrogen and oxygen atoms in total. The first-order valence-corrected chi connectivity index (χ1v) is 6.07. The molecular weight excluding hydrogens is 256 g/mol. The number of carbonyl (C=O) groups excluding carboxylic acids is 1. The molecule has 0 aliphatic heterocycles. The predicted octanol–water partition coefficient (Wildman–Crippen LogP) is 2.33. The minimum Gasteiger partial charge on any atom is -0.334 e. The predicted molar refractivity (Wildman–Crippen MR) is 64.2 cm³/mol. The van der Waals surface area contributed by atoms with Crippen molar-refractivity contribution >= 4 is 21.8 Å². The van der Waals surface area contributed by atoms with E-state index in [0.717, 1.165) is 5.33 Å². The minimum atomic E-state index is -0.00921. The number of alkyl halides is 1. The summed E-state index contributed by atoms with van der Waals surface area (Å²) in [5.74, 6) is -0.00921. The highest BCUT2D eigenvalue weighted by Gasteiger charge is 2.18. The van der Waals surface area contributed by atoms with E-state index in [2.05, 4.69) is 20.9 Å². The monoisotopic (exact) mass is 270 g/mol. The van der Waals surface area contributed by atoms with Crippen LogP contribution in [0.2, 0.25) is 0 Å². The van der Waals surface area contributed by atoms with Gasteiger partial charge in [-0.1, -0.05) is 22.0 Å². The maximum atomic E-state index is 12.0. The Kier molecular flexibility index (Phi) is 4.75. The Balaban J connectivity index is 2.81. The van der Waals surface area contributed by atoms with Crippen molar-refractivity contribution < 1.29 is 4.79 Å². The number of rotatable bonds is 4. The lowest BCUT2D eigenvalue weighted by Gasteiger charge is -2.25. The van der Waals surface area contributed by atoms with E-state index in [0.29, 0.717) is 12.2 Å². The van der Waals surface area contributed by atoms with Crippen LogP contribution in [-0.2, 0) is 0 Å². The van der Waals surface area contributed by atoms with Crippen molar-refractivity contribution in [3.8, 4) is 0 Å². The van der Waals surface area contributed by atoms with Crippen LogP contribution >= 0.6 is 15.9 Å². The molecule has 1 rings (SSSR count). The van der Waals surface area contributed by atoms with Gasteiger partial charge in [0.2, 0.25) is 0 Å². The maximum absolute atomic E-state index is 12.0. The molecule has 0 saturated heterocycles. The van der Waals surface area contributed by atoms with Crippen LogP contribution in [0, 0.1) is 0 Å². The topological polar surface area (TPSA) is 33.2 Å². The van der Waals surface area contributed by atoms with E-state index in [1.165, 1.54) is 0 Å². The third-order valence-corrected chi connectivity index (χ3v) is 2.45. The molecule has 0 fully saturated rings. The standard InChI is InChI=1S/C11H15BrN2O/c1-9(2)14(8-6-12)11(15)10-5-3-4-7-13-10/h3-5,7,9H,6,8H2,1-2H3. The van der Waals surface area contributed by atoms with Gasteiger partial charge >= 0.3 is 0 Å². The first-order chi connectivity index (χ1) is 7.16. The zero-order chi connectivity index (χ0) is 11.3. The second-order valence-electron chi connectivity index (χ2n) is 3.50. The number of hydrogen-bond acceptors (Lipinski definition) is 2. The third-order valence-electron chi connectivity index (χ3n) is 2.09. The molecule has 0 spiro atoms. The van der Waals surface area contributed by atoms with Crippen molar-refractivity contribution in [3.63, 3.8) is 0 Å². The molecule has 1 aromatic heterocycles. The Morgan fingerprint density at radius 3 is 2.73 bits per heavy atom. The zero-order valence-electron chi connectivity index (χ0n) is 8.98. The van der Waals surface area contributed by atoms with E-state index < -0.39 is 0 Å². The molecule has 1 aromatic rings. The lowest BCUT2D eigenvalue weighted by atomic mass is 10.2. The van der Waals surface area contributed by atoms with Crippen LogP contribution in [0.15, 0.2) is 24.4 Å². The summed E-state index contributed by atoms with van der Waals surface area (Å²) in [4.78, 5) is 17.9. The van der Waals surface area contributed by atoms with Gasteiger partial charge in [-0.2, -0.15) is 0 Å². The highest BCUT2D eigenvalue weighted by molar-refractivity contribution is 9.09. The van der Waals surface area contributed by atoms with Crippen molar-refractivity contribution in [2.45, 2.75) is 19.9 Å². The average molecular weight is 271 g/mol. The molecule has 0 aliphatic carbocycles. The average Bonchev–Trinajstić information content (AvgIpc) is 2.26. The molecule has 82 valence electrons. The minimum absolute atomic E-state index is 0.00921. The van der Waals surface area contributed by atoms with Gasteiger partial charge in [0.05, 0.1) is 0 Å². The van der Waals surface area contributed by atoms with Gasteiger partial charge in [-0.15, -0.1) is 0 Å². The molecule has 0 aliphatic rings. The Morgan fingerprint density at radius 2 is 2.27 bits per heavy atom. The van der Waals surface area contributed by atoms with E-state index in [-0.39, 0.29) is 11.9 Å². The fraction of sp³-hybridized carbons (Fsp3) is 0.455. The molecule has 0 radical (unpaired) electrons. The molecule has 0 N–H and O–H groups in total. The molecule has 1 heterocycles. The van der Waals surface area contributed by atoms with Crippen molar-refractivity contribution in [3.05, 3.63) is 30.1 Å². The fourth-order valence-electron chi connectivity index (χ4n) is 1.32. The summed E-state index contributed by atoms with van der Waals surface area (Å²) in [6.07, 6.45) is 1.64. The van der Waals surface area contributed by atoms with E-state index >= 15 is 0 Å². The molecule has 0 aromatic carbocycles. The summed E-state index contributed by atoms with van der Waals surface area (Å²) in [5, 5.41) is 0.782. The van der Waals surface area contributed by atoms with Crippen LogP contribution in [0.3, 0.4) is 0 Å².